The number of benzene rings is 2. The summed E-state index contributed by atoms with van der Waals surface area (Å²) in [4.78, 5) is 0.0346. The van der Waals surface area contributed by atoms with Crippen molar-refractivity contribution in [3.05, 3.63) is 36.4 Å². The van der Waals surface area contributed by atoms with Crippen LogP contribution in [0.1, 0.15) is 13.8 Å². The number of hydrogen-bond acceptors (Lipinski definition) is 3. The van der Waals surface area contributed by atoms with Gasteiger partial charge in [0.15, 0.2) is 0 Å². The molecule has 95 valence electrons. The molecule has 0 saturated heterocycles. The van der Waals surface area contributed by atoms with Crippen LogP contribution in [0.3, 0.4) is 0 Å². The maximum Gasteiger partial charge on any atom is 0.239 e. The number of anilines is 1. The molecule has 1 radical (unpaired) electrons. The molecule has 0 atom stereocenters. The number of sulfonamides is 1. The Kier molecular flexibility index (Phi) is 3.28. The zero-order valence-electron chi connectivity index (χ0n) is 10.3. The van der Waals surface area contributed by atoms with Crippen LogP contribution in [0.4, 0.5) is 5.69 Å². The molecule has 0 aromatic heterocycles. The van der Waals surface area contributed by atoms with Crippen LogP contribution in [0.5, 0.6) is 0 Å². The molecule has 0 bridgehead atoms. The van der Waals surface area contributed by atoms with Crippen molar-refractivity contribution in [2.45, 2.75) is 24.8 Å². The van der Waals surface area contributed by atoms with Crippen molar-refractivity contribution in [3.8, 4) is 0 Å². The van der Waals surface area contributed by atoms with Crippen molar-refractivity contribution in [2.24, 2.45) is 5.14 Å². The van der Waals surface area contributed by atoms with Crippen LogP contribution in [0.25, 0.3) is 10.8 Å². The number of fused-ring (bicyclic) bond motifs is 1. The van der Waals surface area contributed by atoms with Crippen LogP contribution in [0.15, 0.2) is 35.2 Å². The first-order chi connectivity index (χ1) is 8.39. The van der Waals surface area contributed by atoms with Gasteiger partial charge in [-0.15, -0.1) is 0 Å². The predicted molar refractivity (Wildman–Crippen MR) is 72.9 cm³/mol. The van der Waals surface area contributed by atoms with Crippen molar-refractivity contribution < 1.29 is 8.42 Å². The summed E-state index contributed by atoms with van der Waals surface area (Å²) in [5, 5.41) is 9.89. The third kappa shape index (κ3) is 2.47. The van der Waals surface area contributed by atoms with E-state index in [0.717, 1.165) is 11.1 Å². The summed E-state index contributed by atoms with van der Waals surface area (Å²) in [5.74, 6) is 0. The van der Waals surface area contributed by atoms with Crippen LogP contribution in [0, 0.1) is 6.07 Å². The lowest BCUT2D eigenvalue weighted by molar-refractivity contribution is 0.598. The van der Waals surface area contributed by atoms with Gasteiger partial charge in [0, 0.05) is 28.6 Å². The second kappa shape index (κ2) is 4.59. The van der Waals surface area contributed by atoms with Crippen molar-refractivity contribution in [1.29, 1.82) is 0 Å². The fourth-order valence-electron chi connectivity index (χ4n) is 1.89. The number of nitrogens with two attached hydrogens (primary N) is 1. The maximum absolute atomic E-state index is 11.5. The number of rotatable bonds is 3. The van der Waals surface area contributed by atoms with E-state index >= 15 is 0 Å². The topological polar surface area (TPSA) is 72.2 Å². The van der Waals surface area contributed by atoms with Gasteiger partial charge in [-0.1, -0.05) is 24.3 Å². The summed E-state index contributed by atoms with van der Waals surface area (Å²) in [7, 11) is -3.76. The molecule has 0 aliphatic carbocycles. The van der Waals surface area contributed by atoms with Crippen molar-refractivity contribution in [2.75, 3.05) is 5.32 Å². The summed E-state index contributed by atoms with van der Waals surface area (Å²) < 4.78 is 23.0. The van der Waals surface area contributed by atoms with Gasteiger partial charge >= 0.3 is 0 Å². The van der Waals surface area contributed by atoms with Gasteiger partial charge in [0.05, 0.1) is 4.90 Å². The summed E-state index contributed by atoms with van der Waals surface area (Å²) in [6.07, 6.45) is 0. The molecule has 0 spiro atoms. The van der Waals surface area contributed by atoms with E-state index in [1.165, 1.54) is 0 Å². The van der Waals surface area contributed by atoms with Gasteiger partial charge in [-0.3, -0.25) is 0 Å². The number of hydrogen-bond donors (Lipinski definition) is 2. The molecule has 0 heterocycles. The fraction of sp³-hybridized carbons (Fsp3) is 0.231. The minimum absolute atomic E-state index is 0.0346. The summed E-state index contributed by atoms with van der Waals surface area (Å²) >= 11 is 0. The van der Waals surface area contributed by atoms with Crippen molar-refractivity contribution in [1.82, 2.24) is 0 Å². The van der Waals surface area contributed by atoms with E-state index in [-0.39, 0.29) is 10.9 Å². The molecule has 2 rings (SSSR count). The van der Waals surface area contributed by atoms with Crippen LogP contribution in [0.2, 0.25) is 0 Å². The quantitative estimate of drug-likeness (QED) is 0.890. The Morgan fingerprint density at radius 1 is 1.22 bits per heavy atom. The van der Waals surface area contributed by atoms with Gasteiger partial charge in [0.25, 0.3) is 0 Å². The highest BCUT2D eigenvalue weighted by molar-refractivity contribution is 7.89. The second-order valence-electron chi connectivity index (χ2n) is 4.42. The van der Waals surface area contributed by atoms with Gasteiger partial charge in [-0.2, -0.15) is 0 Å². The van der Waals surface area contributed by atoms with E-state index in [1.807, 2.05) is 26.0 Å². The molecule has 2 aromatic carbocycles. The molecule has 4 nitrogen and oxygen atoms in total. The molecule has 0 amide bonds. The van der Waals surface area contributed by atoms with Gasteiger partial charge in [-0.25, -0.2) is 13.6 Å². The van der Waals surface area contributed by atoms with Crippen molar-refractivity contribution in [3.63, 3.8) is 0 Å². The number of primary sulfonamides is 1. The SMILES string of the molecule is CC(C)Nc1cccc2c(S(N)(=O)=O)[c]ccc12. The lowest BCUT2D eigenvalue weighted by Crippen LogP contribution is -2.13. The highest BCUT2D eigenvalue weighted by Crippen LogP contribution is 2.28. The largest absolute Gasteiger partial charge is 0.382 e. The molecule has 0 unspecified atom stereocenters. The molecule has 18 heavy (non-hydrogen) atoms. The van der Waals surface area contributed by atoms with Crippen LogP contribution in [-0.4, -0.2) is 14.5 Å². The van der Waals surface area contributed by atoms with E-state index in [9.17, 15) is 8.42 Å². The Morgan fingerprint density at radius 3 is 2.56 bits per heavy atom. The van der Waals surface area contributed by atoms with E-state index in [0.29, 0.717) is 5.39 Å². The molecule has 0 fully saturated rings. The van der Waals surface area contributed by atoms with E-state index in [4.69, 9.17) is 5.14 Å². The predicted octanol–water partition coefficient (Wildman–Crippen LogP) is 2.11. The standard InChI is InChI=1S/C13H15N2O2S/c1-9(2)15-12-7-3-6-11-10(12)5-4-8-13(11)18(14,16)17/h3-7,9,15H,1-2H3,(H2,14,16,17). The Balaban J connectivity index is 2.73. The minimum Gasteiger partial charge on any atom is -0.382 e. The molecule has 5 heteroatoms. The molecule has 0 aliphatic heterocycles. The highest BCUT2D eigenvalue weighted by atomic mass is 32.2. The zero-order valence-corrected chi connectivity index (χ0v) is 11.1. The Hall–Kier alpha value is -1.59. The molecule has 2 aromatic rings. The lowest BCUT2D eigenvalue weighted by Gasteiger charge is -2.13. The second-order valence-corrected chi connectivity index (χ2v) is 5.92. The van der Waals surface area contributed by atoms with Gasteiger partial charge in [-0.05, 0) is 19.9 Å². The normalized spacial score (nSPS) is 12.0. The Morgan fingerprint density at radius 2 is 1.94 bits per heavy atom. The lowest BCUT2D eigenvalue weighted by atomic mass is 10.1. The first-order valence-electron chi connectivity index (χ1n) is 5.62. The molecule has 0 saturated carbocycles. The van der Waals surface area contributed by atoms with Gasteiger partial charge < -0.3 is 5.32 Å². The summed E-state index contributed by atoms with van der Waals surface area (Å²) in [6.45, 7) is 4.04. The van der Waals surface area contributed by atoms with Gasteiger partial charge in [0.1, 0.15) is 0 Å². The first-order valence-corrected chi connectivity index (χ1v) is 7.17. The average molecular weight is 263 g/mol. The van der Waals surface area contributed by atoms with E-state index < -0.39 is 10.0 Å². The third-order valence-electron chi connectivity index (χ3n) is 2.54. The van der Waals surface area contributed by atoms with Crippen LogP contribution < -0.4 is 10.5 Å². The third-order valence-corrected chi connectivity index (χ3v) is 3.45. The highest BCUT2D eigenvalue weighted by Gasteiger charge is 2.13. The molecular weight excluding hydrogens is 248 g/mol. The molecular formula is C13H15N2O2S. The zero-order chi connectivity index (χ0) is 13.3. The number of nitrogens with one attached hydrogen (secondary N) is 1. The smallest absolute Gasteiger partial charge is 0.239 e. The van der Waals surface area contributed by atoms with Gasteiger partial charge in [0.2, 0.25) is 10.0 Å². The monoisotopic (exact) mass is 263 g/mol. The van der Waals surface area contributed by atoms with Crippen LogP contribution in [-0.2, 0) is 10.0 Å². The van der Waals surface area contributed by atoms with Crippen LogP contribution >= 0.6 is 0 Å². The fourth-order valence-corrected chi connectivity index (χ4v) is 2.61. The maximum atomic E-state index is 11.5. The molecule has 0 aliphatic rings. The average Bonchev–Trinajstić information content (AvgIpc) is 2.26. The van der Waals surface area contributed by atoms with E-state index in [1.54, 1.807) is 18.2 Å². The Bertz CT molecular complexity index is 678. The summed E-state index contributed by atoms with van der Waals surface area (Å²) in [6, 6.07) is 11.8. The first kappa shape index (κ1) is 12.9. The summed E-state index contributed by atoms with van der Waals surface area (Å²) in [5.41, 5.74) is 0.890. The van der Waals surface area contributed by atoms with E-state index in [2.05, 4.69) is 11.4 Å². The minimum atomic E-state index is -3.76. The molecule has 3 N–H and O–H groups in total. The Labute approximate surface area is 107 Å². The van der Waals surface area contributed by atoms with Crippen molar-refractivity contribution >= 4 is 26.5 Å².